The summed E-state index contributed by atoms with van der Waals surface area (Å²) in [5.41, 5.74) is 5.04. The summed E-state index contributed by atoms with van der Waals surface area (Å²) in [5, 5.41) is 2.67. The molecule has 4 heteroatoms. The lowest BCUT2D eigenvalue weighted by Crippen LogP contribution is -2.34. The number of amides is 1. The predicted molar refractivity (Wildman–Crippen MR) is 74.0 cm³/mol. The van der Waals surface area contributed by atoms with Crippen LogP contribution in [0.5, 0.6) is 0 Å². The Bertz CT molecular complexity index is 494. The Labute approximate surface area is 114 Å². The maximum absolute atomic E-state index is 11.9. The summed E-state index contributed by atoms with van der Waals surface area (Å²) in [4.78, 5) is 23.3. The monoisotopic (exact) mass is 263 g/mol. The highest BCUT2D eigenvalue weighted by Crippen LogP contribution is 2.28. The molecule has 0 aliphatic heterocycles. The minimum Gasteiger partial charge on any atom is -0.467 e. The van der Waals surface area contributed by atoms with E-state index in [1.165, 1.54) is 14.0 Å². The highest BCUT2D eigenvalue weighted by Gasteiger charge is 2.26. The number of carbonyl (C=O) groups is 2. The van der Waals surface area contributed by atoms with Gasteiger partial charge in [-0.3, -0.25) is 4.79 Å². The average molecular weight is 263 g/mol. The number of carbonyl (C=O) groups excluding carboxylic acids is 2. The summed E-state index contributed by atoms with van der Waals surface area (Å²) < 4.78 is 4.80. The second-order valence-electron chi connectivity index (χ2n) is 4.83. The van der Waals surface area contributed by atoms with E-state index in [1.807, 2.05) is 27.7 Å². The van der Waals surface area contributed by atoms with Gasteiger partial charge in [0.2, 0.25) is 5.91 Å². The third-order valence-electron chi connectivity index (χ3n) is 3.50. The molecular formula is C15H21NO3. The molecule has 0 aromatic heterocycles. The molecule has 0 aliphatic carbocycles. The van der Waals surface area contributed by atoms with Crippen LogP contribution in [0.3, 0.4) is 0 Å². The van der Waals surface area contributed by atoms with E-state index in [2.05, 4.69) is 11.4 Å². The van der Waals surface area contributed by atoms with Gasteiger partial charge >= 0.3 is 5.97 Å². The number of esters is 1. The molecule has 0 saturated heterocycles. The zero-order valence-electron chi connectivity index (χ0n) is 12.4. The number of methoxy groups -OCH3 is 1. The summed E-state index contributed by atoms with van der Waals surface area (Å²) in [6.07, 6.45) is 0. The topological polar surface area (TPSA) is 55.4 Å². The van der Waals surface area contributed by atoms with Gasteiger partial charge < -0.3 is 10.1 Å². The third kappa shape index (κ3) is 3.13. The van der Waals surface area contributed by atoms with Gasteiger partial charge in [-0.25, -0.2) is 4.79 Å². The number of ether oxygens (including phenoxy) is 1. The summed E-state index contributed by atoms with van der Waals surface area (Å²) in [6, 6.07) is 1.33. The van der Waals surface area contributed by atoms with Crippen molar-refractivity contribution in [3.8, 4) is 0 Å². The number of hydrogen-bond acceptors (Lipinski definition) is 3. The van der Waals surface area contributed by atoms with Gasteiger partial charge in [0.05, 0.1) is 7.11 Å². The zero-order valence-corrected chi connectivity index (χ0v) is 12.4. The second-order valence-corrected chi connectivity index (χ2v) is 4.83. The zero-order chi connectivity index (χ0) is 14.7. The fraction of sp³-hybridized carbons (Fsp3) is 0.467. The fourth-order valence-electron chi connectivity index (χ4n) is 2.25. The quantitative estimate of drug-likeness (QED) is 0.851. The molecule has 19 heavy (non-hydrogen) atoms. The highest BCUT2D eigenvalue weighted by molar-refractivity contribution is 5.85. The lowest BCUT2D eigenvalue weighted by atomic mass is 9.89. The maximum Gasteiger partial charge on any atom is 0.333 e. The van der Waals surface area contributed by atoms with Crippen molar-refractivity contribution in [1.82, 2.24) is 5.32 Å². The first kappa shape index (κ1) is 15.2. The number of benzene rings is 1. The molecule has 1 unspecified atom stereocenters. The Balaban J connectivity index is 3.45. The van der Waals surface area contributed by atoms with Gasteiger partial charge in [-0.05, 0) is 55.5 Å². The van der Waals surface area contributed by atoms with Gasteiger partial charge in [0.15, 0.2) is 6.04 Å². The first-order valence-electron chi connectivity index (χ1n) is 6.21. The maximum atomic E-state index is 11.9. The number of aryl methyl sites for hydroxylation is 2. The Hall–Kier alpha value is -1.84. The molecule has 0 aliphatic rings. The minimum atomic E-state index is -0.749. The largest absolute Gasteiger partial charge is 0.467 e. The van der Waals surface area contributed by atoms with E-state index < -0.39 is 12.0 Å². The third-order valence-corrected chi connectivity index (χ3v) is 3.50. The smallest absolute Gasteiger partial charge is 0.333 e. The molecule has 0 heterocycles. The molecule has 0 bridgehead atoms. The van der Waals surface area contributed by atoms with E-state index in [0.29, 0.717) is 0 Å². The normalized spacial score (nSPS) is 11.9. The van der Waals surface area contributed by atoms with Crippen molar-refractivity contribution in [2.45, 2.75) is 40.7 Å². The van der Waals surface area contributed by atoms with Crippen LogP contribution in [-0.4, -0.2) is 19.0 Å². The van der Waals surface area contributed by atoms with Crippen LogP contribution in [-0.2, 0) is 14.3 Å². The van der Waals surface area contributed by atoms with E-state index in [1.54, 1.807) is 0 Å². The van der Waals surface area contributed by atoms with Crippen molar-refractivity contribution in [2.24, 2.45) is 0 Å². The SMILES string of the molecule is COC(=O)C(NC(C)=O)c1c(C)c(C)cc(C)c1C. The van der Waals surface area contributed by atoms with Crippen LogP contribution in [0.1, 0.15) is 40.8 Å². The van der Waals surface area contributed by atoms with Crippen LogP contribution in [0.4, 0.5) is 0 Å². The van der Waals surface area contributed by atoms with Crippen LogP contribution in [0.15, 0.2) is 6.07 Å². The molecule has 1 rings (SSSR count). The summed E-state index contributed by atoms with van der Waals surface area (Å²) in [6.45, 7) is 9.29. The summed E-state index contributed by atoms with van der Waals surface area (Å²) in [7, 11) is 1.32. The van der Waals surface area contributed by atoms with Gasteiger partial charge in [0.25, 0.3) is 0 Å². The van der Waals surface area contributed by atoms with Crippen molar-refractivity contribution in [3.05, 3.63) is 33.9 Å². The van der Waals surface area contributed by atoms with Crippen molar-refractivity contribution in [2.75, 3.05) is 7.11 Å². The van der Waals surface area contributed by atoms with Crippen LogP contribution in [0.25, 0.3) is 0 Å². The lowest BCUT2D eigenvalue weighted by Gasteiger charge is -2.22. The second kappa shape index (κ2) is 5.87. The lowest BCUT2D eigenvalue weighted by molar-refractivity contribution is -0.145. The Morgan fingerprint density at radius 3 is 1.95 bits per heavy atom. The molecule has 1 atom stereocenters. The standard InChI is InChI=1S/C15H21NO3/c1-8-7-9(2)11(4)13(10(8)3)14(15(18)19-6)16-12(5)17/h7,14H,1-6H3,(H,16,17). The number of hydrogen-bond donors (Lipinski definition) is 1. The van der Waals surface area contributed by atoms with Gasteiger partial charge in [-0.2, -0.15) is 0 Å². The van der Waals surface area contributed by atoms with Gasteiger partial charge in [-0.1, -0.05) is 6.07 Å². The van der Waals surface area contributed by atoms with Crippen LogP contribution in [0.2, 0.25) is 0 Å². The summed E-state index contributed by atoms with van der Waals surface area (Å²) in [5.74, 6) is -0.709. The van der Waals surface area contributed by atoms with Crippen LogP contribution in [0, 0.1) is 27.7 Å². The first-order valence-corrected chi connectivity index (χ1v) is 6.21. The van der Waals surface area contributed by atoms with E-state index in [9.17, 15) is 9.59 Å². The Morgan fingerprint density at radius 1 is 1.11 bits per heavy atom. The molecule has 1 N–H and O–H groups in total. The van der Waals surface area contributed by atoms with Gasteiger partial charge in [-0.15, -0.1) is 0 Å². The Morgan fingerprint density at radius 2 is 1.58 bits per heavy atom. The van der Waals surface area contributed by atoms with Crippen molar-refractivity contribution in [1.29, 1.82) is 0 Å². The van der Waals surface area contributed by atoms with E-state index >= 15 is 0 Å². The predicted octanol–water partition coefficient (Wildman–Crippen LogP) is 2.27. The molecule has 0 fully saturated rings. The highest BCUT2D eigenvalue weighted by atomic mass is 16.5. The molecule has 0 saturated carbocycles. The molecule has 0 spiro atoms. The molecule has 1 aromatic rings. The molecule has 1 aromatic carbocycles. The number of rotatable bonds is 3. The van der Waals surface area contributed by atoms with Crippen LogP contribution < -0.4 is 5.32 Å². The molecule has 4 nitrogen and oxygen atoms in total. The van der Waals surface area contributed by atoms with E-state index in [-0.39, 0.29) is 5.91 Å². The summed E-state index contributed by atoms with van der Waals surface area (Å²) >= 11 is 0. The minimum absolute atomic E-state index is 0.256. The van der Waals surface area contributed by atoms with Crippen LogP contribution >= 0.6 is 0 Å². The Kier molecular flexibility index (Phi) is 4.70. The molecule has 0 radical (unpaired) electrons. The van der Waals surface area contributed by atoms with Crippen molar-refractivity contribution in [3.63, 3.8) is 0 Å². The molecular weight excluding hydrogens is 242 g/mol. The average Bonchev–Trinajstić information content (AvgIpc) is 2.34. The fourth-order valence-corrected chi connectivity index (χ4v) is 2.25. The van der Waals surface area contributed by atoms with E-state index in [0.717, 1.165) is 27.8 Å². The van der Waals surface area contributed by atoms with E-state index in [4.69, 9.17) is 4.74 Å². The van der Waals surface area contributed by atoms with Crippen molar-refractivity contribution < 1.29 is 14.3 Å². The van der Waals surface area contributed by atoms with Gasteiger partial charge in [0, 0.05) is 6.92 Å². The van der Waals surface area contributed by atoms with Crippen molar-refractivity contribution >= 4 is 11.9 Å². The first-order chi connectivity index (χ1) is 8.79. The molecule has 1 amide bonds. The molecule has 104 valence electrons. The number of nitrogens with one attached hydrogen (secondary N) is 1. The van der Waals surface area contributed by atoms with Gasteiger partial charge in [0.1, 0.15) is 0 Å².